The molecule has 7 heteroatoms. The molecule has 6 nitrogen and oxygen atoms in total. The van der Waals surface area contributed by atoms with Crippen LogP contribution < -0.4 is 9.64 Å². The lowest BCUT2D eigenvalue weighted by molar-refractivity contribution is 0.348. The monoisotopic (exact) mass is 383 g/mol. The molecule has 1 fully saturated rings. The Hall–Kier alpha value is -2.98. The minimum Gasteiger partial charge on any atom is -0.497 e. The summed E-state index contributed by atoms with van der Waals surface area (Å²) in [5, 5.41) is 9.43. The van der Waals surface area contributed by atoms with E-state index in [1.807, 2.05) is 29.2 Å². The molecule has 0 atom stereocenters. The van der Waals surface area contributed by atoms with Crippen LogP contribution in [0, 0.1) is 11.3 Å². The lowest BCUT2D eigenvalue weighted by atomic mass is 10.2. The molecule has 0 aliphatic carbocycles. The number of nitrogens with zero attached hydrogens (tertiary/aromatic N) is 3. The van der Waals surface area contributed by atoms with Crippen molar-refractivity contribution in [3.63, 3.8) is 0 Å². The Morgan fingerprint density at radius 2 is 1.67 bits per heavy atom. The summed E-state index contributed by atoms with van der Waals surface area (Å²) in [7, 11) is -2.34. The van der Waals surface area contributed by atoms with E-state index in [1.54, 1.807) is 12.1 Å². The fourth-order valence-electron chi connectivity index (χ4n) is 2.95. The fourth-order valence-corrected chi connectivity index (χ4v) is 4.11. The molecule has 3 rings (SSSR count). The topological polar surface area (TPSA) is 73.6 Å². The van der Waals surface area contributed by atoms with Crippen LogP contribution in [0.25, 0.3) is 0 Å². The zero-order valence-corrected chi connectivity index (χ0v) is 15.9. The third kappa shape index (κ3) is 4.23. The molecule has 140 valence electrons. The summed E-state index contributed by atoms with van der Waals surface area (Å²) in [5.74, 6) is 0.563. The third-order valence-electron chi connectivity index (χ3n) is 4.50. The van der Waals surface area contributed by atoms with Gasteiger partial charge in [-0.15, -0.1) is 0 Å². The molecule has 2 aromatic rings. The highest BCUT2D eigenvalue weighted by atomic mass is 32.2. The van der Waals surface area contributed by atoms with Crippen molar-refractivity contribution in [2.75, 3.05) is 38.2 Å². The summed E-state index contributed by atoms with van der Waals surface area (Å²) >= 11 is 0. The number of nitriles is 1. The number of anilines is 1. The zero-order chi connectivity index (χ0) is 19.3. The normalized spacial score (nSPS) is 15.3. The van der Waals surface area contributed by atoms with Gasteiger partial charge in [-0.2, -0.15) is 5.26 Å². The van der Waals surface area contributed by atoms with Gasteiger partial charge in [0.2, 0.25) is 9.84 Å². The van der Waals surface area contributed by atoms with Crippen LogP contribution in [0.1, 0.15) is 0 Å². The Morgan fingerprint density at radius 3 is 2.22 bits per heavy atom. The Morgan fingerprint density at radius 1 is 1.04 bits per heavy atom. The maximum atomic E-state index is 12.8. The van der Waals surface area contributed by atoms with Crippen molar-refractivity contribution in [2.24, 2.45) is 0 Å². The number of rotatable bonds is 5. The van der Waals surface area contributed by atoms with Crippen molar-refractivity contribution in [1.29, 1.82) is 5.26 Å². The largest absolute Gasteiger partial charge is 0.497 e. The van der Waals surface area contributed by atoms with Crippen LogP contribution in [-0.4, -0.2) is 46.6 Å². The first-order chi connectivity index (χ1) is 13.0. The molecule has 0 spiro atoms. The third-order valence-corrected chi connectivity index (χ3v) is 6.17. The summed E-state index contributed by atoms with van der Waals surface area (Å²) in [6.07, 6.45) is 1.46. The average molecular weight is 383 g/mol. The number of piperazine rings is 1. The first-order valence-electron chi connectivity index (χ1n) is 8.60. The van der Waals surface area contributed by atoms with Gasteiger partial charge in [-0.1, -0.05) is 18.2 Å². The maximum Gasteiger partial charge on any atom is 0.218 e. The van der Waals surface area contributed by atoms with E-state index in [9.17, 15) is 13.7 Å². The SMILES string of the molecule is COc1ccc(S(=O)(=O)C(C#N)=CN2CCN(c3ccccc3)CC2)cc1. The molecule has 1 aliphatic heterocycles. The summed E-state index contributed by atoms with van der Waals surface area (Å²) < 4.78 is 30.6. The molecule has 1 heterocycles. The van der Waals surface area contributed by atoms with E-state index in [2.05, 4.69) is 17.0 Å². The summed E-state index contributed by atoms with van der Waals surface area (Å²) in [4.78, 5) is 3.97. The highest BCUT2D eigenvalue weighted by Crippen LogP contribution is 2.23. The predicted octanol–water partition coefficient (Wildman–Crippen LogP) is 2.66. The van der Waals surface area contributed by atoms with Crippen molar-refractivity contribution in [1.82, 2.24) is 4.90 Å². The van der Waals surface area contributed by atoms with E-state index in [-0.39, 0.29) is 9.80 Å². The first-order valence-corrected chi connectivity index (χ1v) is 10.1. The first kappa shape index (κ1) is 18.8. The van der Waals surface area contributed by atoms with Gasteiger partial charge in [0, 0.05) is 38.1 Å². The summed E-state index contributed by atoms with van der Waals surface area (Å²) in [6, 6.07) is 18.0. The smallest absolute Gasteiger partial charge is 0.218 e. The summed E-state index contributed by atoms with van der Waals surface area (Å²) in [5.41, 5.74) is 1.15. The van der Waals surface area contributed by atoms with Crippen molar-refractivity contribution >= 4 is 15.5 Å². The number of sulfone groups is 1. The van der Waals surface area contributed by atoms with E-state index < -0.39 is 9.84 Å². The van der Waals surface area contributed by atoms with Crippen LogP contribution in [0.4, 0.5) is 5.69 Å². The highest BCUT2D eigenvalue weighted by Gasteiger charge is 2.23. The Kier molecular flexibility index (Phi) is 5.67. The second-order valence-corrected chi connectivity index (χ2v) is 8.06. The van der Waals surface area contributed by atoms with E-state index >= 15 is 0 Å². The summed E-state index contributed by atoms with van der Waals surface area (Å²) in [6.45, 7) is 2.83. The molecule has 0 radical (unpaired) electrons. The van der Waals surface area contributed by atoms with Gasteiger partial charge in [0.1, 0.15) is 11.8 Å². The Labute approximate surface area is 159 Å². The van der Waals surface area contributed by atoms with Crippen LogP contribution in [-0.2, 0) is 9.84 Å². The van der Waals surface area contributed by atoms with Crippen molar-refractivity contribution in [3.05, 3.63) is 65.7 Å². The molecule has 0 unspecified atom stereocenters. The number of hydrogen-bond acceptors (Lipinski definition) is 6. The van der Waals surface area contributed by atoms with Gasteiger partial charge in [-0.3, -0.25) is 0 Å². The van der Waals surface area contributed by atoms with Crippen LogP contribution in [0.3, 0.4) is 0 Å². The highest BCUT2D eigenvalue weighted by molar-refractivity contribution is 7.95. The molecule has 0 saturated carbocycles. The number of methoxy groups -OCH3 is 1. The standard InChI is InChI=1S/C20H21N3O3S/c1-26-18-7-9-19(10-8-18)27(24,25)20(15-21)16-22-11-13-23(14-12-22)17-5-3-2-4-6-17/h2-10,16H,11-14H2,1H3. The molecule has 0 aromatic heterocycles. The van der Waals surface area contributed by atoms with Crippen molar-refractivity contribution in [3.8, 4) is 11.8 Å². The quantitative estimate of drug-likeness (QED) is 0.739. The fraction of sp³-hybridized carbons (Fsp3) is 0.250. The molecular formula is C20H21N3O3S. The molecule has 1 saturated heterocycles. The second-order valence-electron chi connectivity index (χ2n) is 6.14. The van der Waals surface area contributed by atoms with Crippen LogP contribution in [0.15, 0.2) is 70.6 Å². The van der Waals surface area contributed by atoms with Gasteiger partial charge in [-0.05, 0) is 36.4 Å². The molecule has 0 amide bonds. The van der Waals surface area contributed by atoms with Crippen LogP contribution in [0.2, 0.25) is 0 Å². The van der Waals surface area contributed by atoms with Gasteiger partial charge < -0.3 is 14.5 Å². The molecule has 2 aromatic carbocycles. The molecule has 1 aliphatic rings. The van der Waals surface area contributed by atoms with Crippen LogP contribution in [0.5, 0.6) is 5.75 Å². The molecular weight excluding hydrogens is 362 g/mol. The minimum atomic E-state index is -3.85. The van der Waals surface area contributed by atoms with E-state index in [0.29, 0.717) is 18.8 Å². The minimum absolute atomic E-state index is 0.0824. The number of para-hydroxylation sites is 1. The van der Waals surface area contributed by atoms with E-state index in [0.717, 1.165) is 18.8 Å². The maximum absolute atomic E-state index is 12.8. The van der Waals surface area contributed by atoms with Gasteiger partial charge in [-0.25, -0.2) is 8.42 Å². The lowest BCUT2D eigenvalue weighted by Gasteiger charge is -2.35. The zero-order valence-electron chi connectivity index (χ0n) is 15.1. The average Bonchev–Trinajstić information content (AvgIpc) is 2.73. The number of hydrogen-bond donors (Lipinski definition) is 0. The molecule has 0 bridgehead atoms. The van der Waals surface area contributed by atoms with Crippen molar-refractivity contribution in [2.45, 2.75) is 4.90 Å². The Balaban J connectivity index is 1.73. The van der Waals surface area contributed by atoms with Gasteiger partial charge in [0.15, 0.2) is 4.91 Å². The lowest BCUT2D eigenvalue weighted by Crippen LogP contribution is -2.44. The van der Waals surface area contributed by atoms with Crippen LogP contribution >= 0.6 is 0 Å². The van der Waals surface area contributed by atoms with Gasteiger partial charge in [0.05, 0.1) is 12.0 Å². The number of benzene rings is 2. The number of allylic oxidation sites excluding steroid dienone is 1. The van der Waals surface area contributed by atoms with Crippen molar-refractivity contribution < 1.29 is 13.2 Å². The Bertz CT molecular complexity index is 940. The van der Waals surface area contributed by atoms with Gasteiger partial charge in [0.25, 0.3) is 0 Å². The molecule has 27 heavy (non-hydrogen) atoms. The van der Waals surface area contributed by atoms with E-state index in [1.165, 1.54) is 25.4 Å². The van der Waals surface area contributed by atoms with E-state index in [4.69, 9.17) is 4.74 Å². The second kappa shape index (κ2) is 8.14. The number of ether oxygens (including phenoxy) is 1. The molecule has 0 N–H and O–H groups in total. The van der Waals surface area contributed by atoms with Gasteiger partial charge >= 0.3 is 0 Å². The predicted molar refractivity (Wildman–Crippen MR) is 104 cm³/mol.